The highest BCUT2D eigenvalue weighted by atomic mass is 32.2. The van der Waals surface area contributed by atoms with Gasteiger partial charge in [-0.3, -0.25) is 0 Å². The summed E-state index contributed by atoms with van der Waals surface area (Å²) in [4.78, 5) is 2.17. The molecule has 0 aromatic rings. The van der Waals surface area contributed by atoms with Gasteiger partial charge in [-0.15, -0.1) is 0 Å². The molecule has 0 spiro atoms. The van der Waals surface area contributed by atoms with E-state index < -0.39 is 9.84 Å². The van der Waals surface area contributed by atoms with Crippen LogP contribution in [0.3, 0.4) is 0 Å². The van der Waals surface area contributed by atoms with Gasteiger partial charge in [0.25, 0.3) is 0 Å². The monoisotopic (exact) mass is 222 g/mol. The highest BCUT2D eigenvalue weighted by Gasteiger charge is 2.08. The fourth-order valence-corrected chi connectivity index (χ4v) is 2.12. The van der Waals surface area contributed by atoms with Crippen molar-refractivity contribution in [2.24, 2.45) is 5.73 Å². The molecule has 2 N–H and O–H groups in total. The van der Waals surface area contributed by atoms with Crippen LogP contribution >= 0.6 is 0 Å². The first-order valence-corrected chi connectivity index (χ1v) is 7.00. The maximum Gasteiger partial charge on any atom is 0.150 e. The predicted octanol–water partition coefficient (Wildman–Crippen LogP) is 0.0918. The van der Waals surface area contributed by atoms with Crippen LogP contribution in [0.15, 0.2) is 0 Å². The first-order chi connectivity index (χ1) is 6.55. The van der Waals surface area contributed by atoms with Crippen molar-refractivity contribution in [2.45, 2.75) is 20.3 Å². The van der Waals surface area contributed by atoms with Crippen molar-refractivity contribution in [3.63, 3.8) is 0 Å². The molecule has 86 valence electrons. The molecule has 0 aliphatic heterocycles. The Labute approximate surface area is 87.4 Å². The zero-order valence-electron chi connectivity index (χ0n) is 9.20. The average molecular weight is 222 g/mol. The highest BCUT2D eigenvalue weighted by Crippen LogP contribution is 1.96. The minimum absolute atomic E-state index is 0.246. The third kappa shape index (κ3) is 6.34. The average Bonchev–Trinajstić information content (AvgIpc) is 2.16. The lowest BCUT2D eigenvalue weighted by Gasteiger charge is -2.18. The normalized spacial score (nSPS) is 12.3. The number of rotatable bonds is 8. The van der Waals surface area contributed by atoms with E-state index in [1.54, 1.807) is 6.92 Å². The van der Waals surface area contributed by atoms with Gasteiger partial charge in [0.2, 0.25) is 0 Å². The first kappa shape index (κ1) is 13.9. The summed E-state index contributed by atoms with van der Waals surface area (Å²) >= 11 is 0. The van der Waals surface area contributed by atoms with Gasteiger partial charge in [-0.05, 0) is 19.5 Å². The summed E-state index contributed by atoms with van der Waals surface area (Å²) in [5.74, 6) is 0.542. The molecule has 0 aromatic carbocycles. The van der Waals surface area contributed by atoms with Gasteiger partial charge in [0, 0.05) is 18.8 Å². The third-order valence-electron chi connectivity index (χ3n) is 2.26. The summed E-state index contributed by atoms with van der Waals surface area (Å²) in [5.41, 5.74) is 5.43. The molecule has 0 radical (unpaired) electrons. The van der Waals surface area contributed by atoms with Crippen LogP contribution in [0.2, 0.25) is 0 Å². The van der Waals surface area contributed by atoms with Gasteiger partial charge in [-0.2, -0.15) is 0 Å². The van der Waals surface area contributed by atoms with Crippen molar-refractivity contribution in [3.05, 3.63) is 0 Å². The predicted molar refractivity (Wildman–Crippen MR) is 60.1 cm³/mol. The van der Waals surface area contributed by atoms with E-state index in [0.29, 0.717) is 18.7 Å². The van der Waals surface area contributed by atoms with E-state index in [0.717, 1.165) is 19.6 Å². The maximum absolute atomic E-state index is 11.2. The van der Waals surface area contributed by atoms with Crippen LogP contribution in [-0.4, -0.2) is 51.0 Å². The summed E-state index contributed by atoms with van der Waals surface area (Å²) in [5, 5.41) is 0. The van der Waals surface area contributed by atoms with Crippen LogP contribution in [0.25, 0.3) is 0 Å². The Morgan fingerprint density at radius 1 is 1.21 bits per heavy atom. The van der Waals surface area contributed by atoms with Crippen LogP contribution in [0.4, 0.5) is 0 Å². The molecule has 0 saturated heterocycles. The smallest absolute Gasteiger partial charge is 0.150 e. The lowest BCUT2D eigenvalue weighted by molar-refractivity contribution is 0.297. The van der Waals surface area contributed by atoms with Gasteiger partial charge in [0.15, 0.2) is 0 Å². The molecule has 0 rings (SSSR count). The second-order valence-corrected chi connectivity index (χ2v) is 5.79. The summed E-state index contributed by atoms with van der Waals surface area (Å²) in [6.45, 7) is 6.99. The highest BCUT2D eigenvalue weighted by molar-refractivity contribution is 7.91. The second kappa shape index (κ2) is 7.20. The standard InChI is InChI=1S/C9H22N2O2S/c1-3-11(8-6-10)7-5-9-14(12,13)4-2/h3-10H2,1-2H3. The Morgan fingerprint density at radius 2 is 1.86 bits per heavy atom. The van der Waals surface area contributed by atoms with E-state index in [1.807, 2.05) is 0 Å². The summed E-state index contributed by atoms with van der Waals surface area (Å²) in [7, 11) is -2.80. The van der Waals surface area contributed by atoms with Crippen LogP contribution in [-0.2, 0) is 9.84 Å². The minimum atomic E-state index is -2.80. The number of nitrogens with two attached hydrogens (primary N) is 1. The van der Waals surface area contributed by atoms with Crippen molar-refractivity contribution in [1.29, 1.82) is 0 Å². The third-order valence-corrected chi connectivity index (χ3v) is 4.05. The quantitative estimate of drug-likeness (QED) is 0.632. The van der Waals surface area contributed by atoms with E-state index in [-0.39, 0.29) is 5.75 Å². The largest absolute Gasteiger partial charge is 0.329 e. The SMILES string of the molecule is CCN(CCN)CCCS(=O)(=O)CC. The van der Waals surface area contributed by atoms with E-state index in [2.05, 4.69) is 11.8 Å². The van der Waals surface area contributed by atoms with E-state index >= 15 is 0 Å². The van der Waals surface area contributed by atoms with Crippen molar-refractivity contribution < 1.29 is 8.42 Å². The fraction of sp³-hybridized carbons (Fsp3) is 1.00. The zero-order valence-corrected chi connectivity index (χ0v) is 10.0. The van der Waals surface area contributed by atoms with Crippen molar-refractivity contribution >= 4 is 9.84 Å². The number of hydrogen-bond acceptors (Lipinski definition) is 4. The van der Waals surface area contributed by atoms with Gasteiger partial charge in [0.1, 0.15) is 9.84 Å². The van der Waals surface area contributed by atoms with Gasteiger partial charge in [-0.1, -0.05) is 13.8 Å². The van der Waals surface area contributed by atoms with Crippen LogP contribution in [0.1, 0.15) is 20.3 Å². The Balaban J connectivity index is 3.71. The number of nitrogens with zero attached hydrogens (tertiary/aromatic N) is 1. The van der Waals surface area contributed by atoms with Crippen LogP contribution in [0, 0.1) is 0 Å². The molecule has 0 aliphatic rings. The Morgan fingerprint density at radius 3 is 2.29 bits per heavy atom. The molecule has 0 amide bonds. The molecule has 0 unspecified atom stereocenters. The maximum atomic E-state index is 11.2. The van der Waals surface area contributed by atoms with Crippen molar-refractivity contribution in [3.8, 4) is 0 Å². The second-order valence-electron chi connectivity index (χ2n) is 3.31. The Hall–Kier alpha value is -0.130. The number of likely N-dealkylation sites (N-methyl/N-ethyl adjacent to an activating group) is 1. The van der Waals surface area contributed by atoms with Gasteiger partial charge in [0.05, 0.1) is 5.75 Å². The molecule has 0 saturated carbocycles. The summed E-state index contributed by atoms with van der Waals surface area (Å²) in [6.07, 6.45) is 0.712. The molecule has 0 atom stereocenters. The van der Waals surface area contributed by atoms with E-state index in [9.17, 15) is 8.42 Å². The van der Waals surface area contributed by atoms with Gasteiger partial charge in [-0.25, -0.2) is 8.42 Å². The molecule has 14 heavy (non-hydrogen) atoms. The molecule has 0 bridgehead atoms. The molecular weight excluding hydrogens is 200 g/mol. The van der Waals surface area contributed by atoms with Gasteiger partial charge >= 0.3 is 0 Å². The topological polar surface area (TPSA) is 63.4 Å². The van der Waals surface area contributed by atoms with E-state index in [1.165, 1.54) is 0 Å². The number of sulfone groups is 1. The first-order valence-electron chi connectivity index (χ1n) is 5.18. The Kier molecular flexibility index (Phi) is 7.13. The molecular formula is C9H22N2O2S. The van der Waals surface area contributed by atoms with Crippen LogP contribution < -0.4 is 5.73 Å². The lowest BCUT2D eigenvalue weighted by atomic mass is 10.4. The molecule has 0 aliphatic carbocycles. The molecule has 0 heterocycles. The fourth-order valence-electron chi connectivity index (χ4n) is 1.26. The van der Waals surface area contributed by atoms with Crippen LogP contribution in [0.5, 0.6) is 0 Å². The molecule has 4 nitrogen and oxygen atoms in total. The molecule has 0 fully saturated rings. The van der Waals surface area contributed by atoms with E-state index in [4.69, 9.17) is 5.73 Å². The Bertz CT molecular complexity index is 227. The lowest BCUT2D eigenvalue weighted by Crippen LogP contribution is -2.31. The minimum Gasteiger partial charge on any atom is -0.329 e. The van der Waals surface area contributed by atoms with Crippen molar-refractivity contribution in [2.75, 3.05) is 37.7 Å². The van der Waals surface area contributed by atoms with Crippen molar-refractivity contribution in [1.82, 2.24) is 4.90 Å². The molecule has 5 heteroatoms. The zero-order chi connectivity index (χ0) is 11.0. The number of hydrogen-bond donors (Lipinski definition) is 1. The van der Waals surface area contributed by atoms with Gasteiger partial charge < -0.3 is 10.6 Å². The molecule has 0 aromatic heterocycles. The summed E-state index contributed by atoms with van der Waals surface area (Å²) < 4.78 is 22.4. The summed E-state index contributed by atoms with van der Waals surface area (Å²) in [6, 6.07) is 0.